The third kappa shape index (κ3) is 2.76. The maximum absolute atomic E-state index is 10.3. The third-order valence-electron chi connectivity index (χ3n) is 1.38. The van der Waals surface area contributed by atoms with Crippen molar-refractivity contribution in [2.24, 2.45) is 0 Å². The van der Waals surface area contributed by atoms with Gasteiger partial charge in [0, 0.05) is 0 Å². The number of rotatable bonds is 2. The van der Waals surface area contributed by atoms with Crippen LogP contribution in [0, 0.1) is 0 Å². The lowest BCUT2D eigenvalue weighted by atomic mass is 10.1. The molecule has 1 aromatic carbocycles. The van der Waals surface area contributed by atoms with Gasteiger partial charge in [0.05, 0.1) is 11.1 Å². The summed E-state index contributed by atoms with van der Waals surface area (Å²) in [6.45, 7) is 0. The SMILES string of the molecule is O=C(O)c1ccc(C(=O)O)cc1.[Cl-]. The highest BCUT2D eigenvalue weighted by Gasteiger charge is 2.04. The molecular weight excluding hydrogens is 196 g/mol. The molecule has 0 unspecified atom stereocenters. The summed E-state index contributed by atoms with van der Waals surface area (Å²) in [6, 6.07) is 5.02. The van der Waals surface area contributed by atoms with E-state index >= 15 is 0 Å². The summed E-state index contributed by atoms with van der Waals surface area (Å²) in [5.74, 6) is -2.13. The number of benzene rings is 1. The average molecular weight is 202 g/mol. The smallest absolute Gasteiger partial charge is 0.335 e. The Balaban J connectivity index is 0.00000144. The molecule has 0 atom stereocenters. The van der Waals surface area contributed by atoms with E-state index in [0.717, 1.165) is 0 Å². The summed E-state index contributed by atoms with van der Waals surface area (Å²) in [5.41, 5.74) is 0.167. The molecule has 2 N–H and O–H groups in total. The molecule has 0 fully saturated rings. The summed E-state index contributed by atoms with van der Waals surface area (Å²) >= 11 is 0. The molecule has 0 amide bonds. The van der Waals surface area contributed by atoms with E-state index in [9.17, 15) is 9.59 Å². The largest absolute Gasteiger partial charge is 1.00 e. The fourth-order valence-corrected chi connectivity index (χ4v) is 0.755. The van der Waals surface area contributed by atoms with E-state index in [1.165, 1.54) is 24.3 Å². The van der Waals surface area contributed by atoms with Crippen molar-refractivity contribution >= 4 is 11.9 Å². The van der Waals surface area contributed by atoms with Gasteiger partial charge in [-0.05, 0) is 24.3 Å². The monoisotopic (exact) mass is 201 g/mol. The van der Waals surface area contributed by atoms with Crippen LogP contribution < -0.4 is 12.4 Å². The quantitative estimate of drug-likeness (QED) is 0.586. The van der Waals surface area contributed by atoms with Crippen LogP contribution in [0.1, 0.15) is 20.7 Å². The van der Waals surface area contributed by atoms with E-state index in [4.69, 9.17) is 10.2 Å². The molecule has 4 nitrogen and oxygen atoms in total. The fourth-order valence-electron chi connectivity index (χ4n) is 0.755. The Kier molecular flexibility index (Phi) is 3.94. The molecule has 70 valence electrons. The molecule has 0 aromatic heterocycles. The van der Waals surface area contributed by atoms with Crippen LogP contribution in [0.2, 0.25) is 0 Å². The Morgan fingerprint density at radius 2 is 1.08 bits per heavy atom. The van der Waals surface area contributed by atoms with Gasteiger partial charge in [-0.15, -0.1) is 0 Å². The minimum absolute atomic E-state index is 0. The lowest BCUT2D eigenvalue weighted by molar-refractivity contribution is -0.0000329. The van der Waals surface area contributed by atoms with Crippen molar-refractivity contribution in [1.29, 1.82) is 0 Å². The number of hydrogen-bond acceptors (Lipinski definition) is 2. The van der Waals surface area contributed by atoms with Crippen LogP contribution in [0.25, 0.3) is 0 Å². The second kappa shape index (κ2) is 4.47. The van der Waals surface area contributed by atoms with Crippen LogP contribution in [0.3, 0.4) is 0 Å². The summed E-state index contributed by atoms with van der Waals surface area (Å²) in [7, 11) is 0. The zero-order valence-corrected chi connectivity index (χ0v) is 7.15. The van der Waals surface area contributed by atoms with Crippen molar-refractivity contribution in [3.63, 3.8) is 0 Å². The Hall–Kier alpha value is -1.55. The third-order valence-corrected chi connectivity index (χ3v) is 1.38. The summed E-state index contributed by atoms with van der Waals surface area (Å²) in [6.07, 6.45) is 0. The van der Waals surface area contributed by atoms with E-state index in [0.29, 0.717) is 0 Å². The number of halogens is 1. The Morgan fingerprint density at radius 3 is 1.23 bits per heavy atom. The lowest BCUT2D eigenvalue weighted by Crippen LogP contribution is -3.00. The number of hydrogen-bond donors (Lipinski definition) is 2. The Labute approximate surface area is 80.2 Å². The highest BCUT2D eigenvalue weighted by molar-refractivity contribution is 5.91. The van der Waals surface area contributed by atoms with Gasteiger partial charge in [-0.25, -0.2) is 9.59 Å². The predicted molar refractivity (Wildman–Crippen MR) is 40.4 cm³/mol. The van der Waals surface area contributed by atoms with E-state index in [-0.39, 0.29) is 23.5 Å². The van der Waals surface area contributed by atoms with Gasteiger partial charge >= 0.3 is 11.9 Å². The van der Waals surface area contributed by atoms with E-state index in [1.54, 1.807) is 0 Å². The molecule has 0 heterocycles. The van der Waals surface area contributed by atoms with Crippen molar-refractivity contribution in [3.8, 4) is 0 Å². The highest BCUT2D eigenvalue weighted by Crippen LogP contribution is 2.03. The fraction of sp³-hybridized carbons (Fsp3) is 0. The highest BCUT2D eigenvalue weighted by atomic mass is 35.5. The number of carbonyl (C=O) groups is 2. The molecular formula is C8H6ClO4-. The van der Waals surface area contributed by atoms with Gasteiger partial charge in [-0.2, -0.15) is 0 Å². The second-order valence-electron chi connectivity index (χ2n) is 2.19. The molecule has 0 saturated heterocycles. The van der Waals surface area contributed by atoms with Crippen LogP contribution in [0.15, 0.2) is 24.3 Å². The summed E-state index contributed by atoms with van der Waals surface area (Å²) in [4.78, 5) is 20.7. The zero-order valence-electron chi connectivity index (χ0n) is 6.40. The van der Waals surface area contributed by atoms with Gasteiger partial charge in [0.25, 0.3) is 0 Å². The zero-order chi connectivity index (χ0) is 9.14. The summed E-state index contributed by atoms with van der Waals surface area (Å²) < 4.78 is 0. The van der Waals surface area contributed by atoms with Gasteiger partial charge in [-0.1, -0.05) is 0 Å². The van der Waals surface area contributed by atoms with E-state index < -0.39 is 11.9 Å². The molecule has 1 aromatic rings. The van der Waals surface area contributed by atoms with Gasteiger partial charge < -0.3 is 22.6 Å². The molecule has 1 rings (SSSR count). The molecule has 0 aliphatic heterocycles. The van der Waals surface area contributed by atoms with Crippen LogP contribution in [-0.2, 0) is 0 Å². The minimum atomic E-state index is -1.06. The van der Waals surface area contributed by atoms with Crippen LogP contribution >= 0.6 is 0 Å². The molecule has 5 heteroatoms. The van der Waals surface area contributed by atoms with Crippen molar-refractivity contribution in [1.82, 2.24) is 0 Å². The molecule has 0 radical (unpaired) electrons. The maximum atomic E-state index is 10.3. The molecule has 13 heavy (non-hydrogen) atoms. The molecule has 0 aliphatic carbocycles. The first-order valence-corrected chi connectivity index (χ1v) is 3.18. The standard InChI is InChI=1S/C8H6O4.ClH/c9-7(10)5-1-2-6(4-3-5)8(11)12;/h1-4H,(H,9,10)(H,11,12);1H/p-1. The van der Waals surface area contributed by atoms with Crippen LogP contribution in [-0.4, -0.2) is 22.2 Å². The van der Waals surface area contributed by atoms with Crippen LogP contribution in [0.5, 0.6) is 0 Å². The molecule has 0 aliphatic rings. The van der Waals surface area contributed by atoms with E-state index in [1.807, 2.05) is 0 Å². The Bertz CT molecular complexity index is 284. The van der Waals surface area contributed by atoms with E-state index in [2.05, 4.69) is 0 Å². The van der Waals surface area contributed by atoms with Gasteiger partial charge in [-0.3, -0.25) is 0 Å². The van der Waals surface area contributed by atoms with Crippen molar-refractivity contribution < 1.29 is 32.2 Å². The number of aromatic carboxylic acids is 2. The van der Waals surface area contributed by atoms with Crippen molar-refractivity contribution in [2.75, 3.05) is 0 Å². The first-order valence-electron chi connectivity index (χ1n) is 3.18. The normalized spacial score (nSPS) is 8.62. The first kappa shape index (κ1) is 11.4. The predicted octanol–water partition coefficient (Wildman–Crippen LogP) is -1.91. The number of carboxylic acid groups (broad SMARTS) is 2. The minimum Gasteiger partial charge on any atom is -1.00 e. The lowest BCUT2D eigenvalue weighted by Gasteiger charge is -1.94. The van der Waals surface area contributed by atoms with Crippen molar-refractivity contribution in [2.45, 2.75) is 0 Å². The molecule has 0 saturated carbocycles. The van der Waals surface area contributed by atoms with Gasteiger partial charge in [0.15, 0.2) is 0 Å². The van der Waals surface area contributed by atoms with Crippen LogP contribution in [0.4, 0.5) is 0 Å². The summed E-state index contributed by atoms with van der Waals surface area (Å²) in [5, 5.41) is 16.9. The topological polar surface area (TPSA) is 74.6 Å². The number of carboxylic acids is 2. The van der Waals surface area contributed by atoms with Gasteiger partial charge in [0.1, 0.15) is 0 Å². The molecule has 0 bridgehead atoms. The second-order valence-corrected chi connectivity index (χ2v) is 2.19. The first-order chi connectivity index (χ1) is 5.61. The Morgan fingerprint density at radius 1 is 0.846 bits per heavy atom. The van der Waals surface area contributed by atoms with Crippen molar-refractivity contribution in [3.05, 3.63) is 35.4 Å². The van der Waals surface area contributed by atoms with Gasteiger partial charge in [0.2, 0.25) is 0 Å². The average Bonchev–Trinajstić information content (AvgIpc) is 2.04. The molecule has 0 spiro atoms. The maximum Gasteiger partial charge on any atom is 0.335 e.